The second kappa shape index (κ2) is 5.53. The molecule has 0 aromatic heterocycles. The number of ether oxygens (including phenoxy) is 2. The number of benzene rings is 1. The van der Waals surface area contributed by atoms with E-state index in [4.69, 9.17) is 9.47 Å². The normalized spacial score (nSPS) is 14.8. The molecule has 1 aliphatic heterocycles. The van der Waals surface area contributed by atoms with E-state index in [-0.39, 0.29) is 5.97 Å². The quantitative estimate of drug-likeness (QED) is 0.735. The van der Waals surface area contributed by atoms with Crippen molar-refractivity contribution < 1.29 is 14.3 Å². The van der Waals surface area contributed by atoms with Gasteiger partial charge in [-0.2, -0.15) is 0 Å². The first-order valence-electron chi connectivity index (χ1n) is 5.91. The van der Waals surface area contributed by atoms with Gasteiger partial charge in [-0.05, 0) is 31.9 Å². The van der Waals surface area contributed by atoms with Crippen LogP contribution in [0.3, 0.4) is 0 Å². The topological polar surface area (TPSA) is 35.5 Å². The van der Waals surface area contributed by atoms with Gasteiger partial charge in [0.2, 0.25) is 0 Å². The number of rotatable bonds is 2. The molecule has 0 radical (unpaired) electrons. The number of carbonyl (C=O) groups excluding carboxylic acids is 1. The first-order valence-corrected chi connectivity index (χ1v) is 5.91. The lowest BCUT2D eigenvalue weighted by atomic mass is 10.0. The number of fused-ring (bicyclic) bond motifs is 1. The van der Waals surface area contributed by atoms with E-state index < -0.39 is 0 Å². The lowest BCUT2D eigenvalue weighted by molar-refractivity contribution is -0.138. The van der Waals surface area contributed by atoms with Crippen molar-refractivity contribution in [3.05, 3.63) is 35.4 Å². The highest BCUT2D eigenvalue weighted by molar-refractivity contribution is 5.94. The maximum atomic E-state index is 11.7. The Balaban J connectivity index is 2.31. The van der Waals surface area contributed by atoms with Crippen molar-refractivity contribution >= 4 is 12.0 Å². The molecule has 0 N–H and O–H groups in total. The van der Waals surface area contributed by atoms with Crippen molar-refractivity contribution in [1.29, 1.82) is 0 Å². The molecule has 1 heterocycles. The molecular weight excluding hydrogens is 216 g/mol. The van der Waals surface area contributed by atoms with Gasteiger partial charge < -0.3 is 9.47 Å². The maximum absolute atomic E-state index is 11.7. The molecule has 1 aromatic rings. The van der Waals surface area contributed by atoms with Crippen LogP contribution in [0.4, 0.5) is 0 Å². The molecule has 0 fully saturated rings. The van der Waals surface area contributed by atoms with Gasteiger partial charge in [-0.3, -0.25) is 0 Å². The van der Waals surface area contributed by atoms with Crippen LogP contribution in [0.1, 0.15) is 25.3 Å². The number of para-hydroxylation sites is 1. The van der Waals surface area contributed by atoms with E-state index in [9.17, 15) is 4.79 Å². The third kappa shape index (κ3) is 2.87. The van der Waals surface area contributed by atoms with Gasteiger partial charge in [0.05, 0.1) is 13.2 Å². The zero-order chi connectivity index (χ0) is 12.1. The van der Waals surface area contributed by atoms with Crippen LogP contribution in [0.15, 0.2) is 29.8 Å². The maximum Gasteiger partial charge on any atom is 0.334 e. The molecule has 3 heteroatoms. The fourth-order valence-corrected chi connectivity index (χ4v) is 1.82. The number of hydrogen-bond donors (Lipinski definition) is 0. The van der Waals surface area contributed by atoms with E-state index in [0.717, 1.165) is 23.3 Å². The molecule has 0 atom stereocenters. The zero-order valence-corrected chi connectivity index (χ0v) is 9.94. The van der Waals surface area contributed by atoms with Crippen molar-refractivity contribution in [1.82, 2.24) is 0 Å². The Morgan fingerprint density at radius 1 is 1.41 bits per heavy atom. The molecule has 0 aliphatic carbocycles. The third-order valence-electron chi connectivity index (χ3n) is 2.63. The minimum atomic E-state index is -0.218. The molecule has 0 bridgehead atoms. The van der Waals surface area contributed by atoms with E-state index in [2.05, 4.69) is 0 Å². The Morgan fingerprint density at radius 3 is 3.06 bits per heavy atom. The second-order valence-corrected chi connectivity index (χ2v) is 3.88. The van der Waals surface area contributed by atoms with Crippen LogP contribution in [0.25, 0.3) is 6.08 Å². The lowest BCUT2D eigenvalue weighted by Gasteiger charge is -2.14. The minimum Gasteiger partial charge on any atom is -0.493 e. The first kappa shape index (κ1) is 11.7. The molecule has 1 aromatic carbocycles. The summed E-state index contributed by atoms with van der Waals surface area (Å²) in [7, 11) is 0. The number of hydrogen-bond acceptors (Lipinski definition) is 3. The monoisotopic (exact) mass is 232 g/mol. The molecule has 0 saturated heterocycles. The molecular formula is C14H16O3. The van der Waals surface area contributed by atoms with Crippen molar-refractivity contribution in [3.8, 4) is 5.75 Å². The molecule has 0 spiro atoms. The summed E-state index contributed by atoms with van der Waals surface area (Å²) in [4.78, 5) is 11.7. The SMILES string of the molecule is CCOC(=O)C1=Cc2ccccc2OCCC1. The van der Waals surface area contributed by atoms with Gasteiger partial charge >= 0.3 is 5.97 Å². The van der Waals surface area contributed by atoms with E-state index in [1.807, 2.05) is 37.3 Å². The summed E-state index contributed by atoms with van der Waals surface area (Å²) in [6.07, 6.45) is 3.40. The van der Waals surface area contributed by atoms with Crippen LogP contribution in [0.5, 0.6) is 5.75 Å². The molecule has 90 valence electrons. The van der Waals surface area contributed by atoms with Gasteiger partial charge in [0.1, 0.15) is 5.75 Å². The van der Waals surface area contributed by atoms with E-state index in [1.54, 1.807) is 0 Å². The van der Waals surface area contributed by atoms with Gasteiger partial charge in [0.15, 0.2) is 0 Å². The molecule has 1 aliphatic rings. The van der Waals surface area contributed by atoms with Crippen LogP contribution < -0.4 is 4.74 Å². The van der Waals surface area contributed by atoms with Gasteiger partial charge in [-0.1, -0.05) is 18.2 Å². The highest BCUT2D eigenvalue weighted by Crippen LogP contribution is 2.25. The average molecular weight is 232 g/mol. The molecule has 0 unspecified atom stereocenters. The highest BCUT2D eigenvalue weighted by atomic mass is 16.5. The summed E-state index contributed by atoms with van der Waals surface area (Å²) in [6, 6.07) is 7.72. The summed E-state index contributed by atoms with van der Waals surface area (Å²) in [5.41, 5.74) is 1.66. The summed E-state index contributed by atoms with van der Waals surface area (Å²) >= 11 is 0. The second-order valence-electron chi connectivity index (χ2n) is 3.88. The fraction of sp³-hybridized carbons (Fsp3) is 0.357. The fourth-order valence-electron chi connectivity index (χ4n) is 1.82. The molecule has 0 saturated carbocycles. The lowest BCUT2D eigenvalue weighted by Crippen LogP contribution is -2.11. The third-order valence-corrected chi connectivity index (χ3v) is 2.63. The van der Waals surface area contributed by atoms with Crippen molar-refractivity contribution in [2.24, 2.45) is 0 Å². The predicted octanol–water partition coefficient (Wildman–Crippen LogP) is 2.81. The van der Waals surface area contributed by atoms with Crippen LogP contribution in [0.2, 0.25) is 0 Å². The summed E-state index contributed by atoms with van der Waals surface area (Å²) in [5.74, 6) is 0.609. The van der Waals surface area contributed by atoms with Crippen LogP contribution in [0, 0.1) is 0 Å². The molecule has 2 rings (SSSR count). The predicted molar refractivity (Wildman–Crippen MR) is 65.8 cm³/mol. The van der Waals surface area contributed by atoms with Gasteiger partial charge in [0, 0.05) is 11.1 Å². The van der Waals surface area contributed by atoms with Gasteiger partial charge in [-0.15, -0.1) is 0 Å². The zero-order valence-electron chi connectivity index (χ0n) is 9.94. The standard InChI is InChI=1S/C14H16O3/c1-2-16-14(15)12-7-5-9-17-13-8-4-3-6-11(13)10-12/h3-4,6,8,10H,2,5,7,9H2,1H3. The van der Waals surface area contributed by atoms with Crippen molar-refractivity contribution in [2.75, 3.05) is 13.2 Å². The highest BCUT2D eigenvalue weighted by Gasteiger charge is 2.14. The molecule has 0 amide bonds. The minimum absolute atomic E-state index is 0.218. The average Bonchev–Trinajstić information content (AvgIpc) is 2.30. The van der Waals surface area contributed by atoms with E-state index in [0.29, 0.717) is 19.6 Å². The Labute approximate surface area is 101 Å². The van der Waals surface area contributed by atoms with E-state index >= 15 is 0 Å². The largest absolute Gasteiger partial charge is 0.493 e. The van der Waals surface area contributed by atoms with Crippen LogP contribution in [-0.2, 0) is 9.53 Å². The Hall–Kier alpha value is -1.77. The summed E-state index contributed by atoms with van der Waals surface area (Å²) in [6.45, 7) is 2.86. The van der Waals surface area contributed by atoms with E-state index in [1.165, 1.54) is 0 Å². The Kier molecular flexibility index (Phi) is 3.81. The van der Waals surface area contributed by atoms with Crippen LogP contribution in [-0.4, -0.2) is 19.2 Å². The first-order chi connectivity index (χ1) is 8.31. The van der Waals surface area contributed by atoms with Crippen molar-refractivity contribution in [2.45, 2.75) is 19.8 Å². The number of esters is 1. The summed E-state index contributed by atoms with van der Waals surface area (Å²) in [5, 5.41) is 0. The van der Waals surface area contributed by atoms with Crippen molar-refractivity contribution in [3.63, 3.8) is 0 Å². The number of carbonyl (C=O) groups is 1. The Morgan fingerprint density at radius 2 is 2.24 bits per heavy atom. The van der Waals surface area contributed by atoms with Gasteiger partial charge in [0.25, 0.3) is 0 Å². The molecule has 3 nitrogen and oxygen atoms in total. The van der Waals surface area contributed by atoms with Gasteiger partial charge in [-0.25, -0.2) is 4.79 Å². The summed E-state index contributed by atoms with van der Waals surface area (Å²) < 4.78 is 10.7. The Bertz CT molecular complexity index is 435. The smallest absolute Gasteiger partial charge is 0.334 e. The molecule has 17 heavy (non-hydrogen) atoms. The van der Waals surface area contributed by atoms with Crippen LogP contribution >= 0.6 is 0 Å².